The van der Waals surface area contributed by atoms with Crippen molar-refractivity contribution < 1.29 is 24.5 Å². The van der Waals surface area contributed by atoms with Crippen molar-refractivity contribution in [2.75, 3.05) is 52.0 Å². The molecule has 1 aromatic heterocycles. The van der Waals surface area contributed by atoms with E-state index in [1.807, 2.05) is 57.4 Å². The van der Waals surface area contributed by atoms with Crippen molar-refractivity contribution in [2.45, 2.75) is 45.1 Å². The lowest BCUT2D eigenvalue weighted by Crippen LogP contribution is -2.18. The molecule has 1 heterocycles. The fraction of sp³-hybridized carbons (Fsp3) is 0.433. The number of hydrogen-bond donors (Lipinski definition) is 4. The Morgan fingerprint density at radius 3 is 2.58 bits per heavy atom. The Kier molecular flexibility index (Phi) is 11.1. The molecule has 0 fully saturated rings. The SMILES string of the molecule is COc1cc(OCCCN(C)C)ccc1Cc1c(C)nc(N)nc1NC(CCO)c1cccc([C@@H](C)C(=O)O)c1. The van der Waals surface area contributed by atoms with Gasteiger partial charge in [0.2, 0.25) is 5.95 Å². The number of nitrogens with two attached hydrogens (primary N) is 1. The molecule has 0 radical (unpaired) electrons. The van der Waals surface area contributed by atoms with Gasteiger partial charge in [-0.3, -0.25) is 4.79 Å². The van der Waals surface area contributed by atoms with Gasteiger partial charge in [-0.2, -0.15) is 4.98 Å². The Morgan fingerprint density at radius 1 is 1.15 bits per heavy atom. The molecule has 0 aliphatic heterocycles. The average molecular weight is 552 g/mol. The molecule has 0 aliphatic rings. The maximum atomic E-state index is 11.5. The second kappa shape index (κ2) is 14.5. The molecule has 0 saturated heterocycles. The number of nitrogens with one attached hydrogen (secondary N) is 1. The number of ether oxygens (including phenoxy) is 2. The third kappa shape index (κ3) is 8.30. The number of carboxylic acid groups (broad SMARTS) is 1. The van der Waals surface area contributed by atoms with Crippen LogP contribution in [-0.2, 0) is 11.2 Å². The number of carboxylic acids is 1. The molecule has 10 heteroatoms. The van der Waals surface area contributed by atoms with Crippen LogP contribution in [0.3, 0.4) is 0 Å². The van der Waals surface area contributed by atoms with Gasteiger partial charge in [0.05, 0.1) is 25.7 Å². The summed E-state index contributed by atoms with van der Waals surface area (Å²) in [6, 6.07) is 12.8. The fourth-order valence-corrected chi connectivity index (χ4v) is 4.47. The summed E-state index contributed by atoms with van der Waals surface area (Å²) in [4.78, 5) is 22.6. The van der Waals surface area contributed by atoms with E-state index in [9.17, 15) is 15.0 Å². The van der Waals surface area contributed by atoms with E-state index >= 15 is 0 Å². The summed E-state index contributed by atoms with van der Waals surface area (Å²) in [6.07, 6.45) is 1.78. The zero-order valence-electron chi connectivity index (χ0n) is 24.0. The highest BCUT2D eigenvalue weighted by molar-refractivity contribution is 5.75. The number of aryl methyl sites for hydroxylation is 1. The molecule has 1 unspecified atom stereocenters. The Balaban J connectivity index is 1.89. The van der Waals surface area contributed by atoms with Crippen molar-refractivity contribution in [1.29, 1.82) is 0 Å². The average Bonchev–Trinajstić information content (AvgIpc) is 2.92. The molecule has 0 aliphatic carbocycles. The smallest absolute Gasteiger partial charge is 0.310 e. The van der Waals surface area contributed by atoms with E-state index in [-0.39, 0.29) is 18.6 Å². The van der Waals surface area contributed by atoms with Gasteiger partial charge in [-0.15, -0.1) is 0 Å². The molecule has 2 aromatic carbocycles. The topological polar surface area (TPSA) is 143 Å². The number of aliphatic carboxylic acids is 1. The zero-order chi connectivity index (χ0) is 29.2. The number of carbonyl (C=O) groups is 1. The number of anilines is 2. The quantitative estimate of drug-likeness (QED) is 0.205. The van der Waals surface area contributed by atoms with Crippen LogP contribution in [0, 0.1) is 6.92 Å². The summed E-state index contributed by atoms with van der Waals surface area (Å²) >= 11 is 0. The lowest BCUT2D eigenvalue weighted by atomic mass is 9.95. The summed E-state index contributed by atoms with van der Waals surface area (Å²) in [7, 11) is 5.70. The highest BCUT2D eigenvalue weighted by atomic mass is 16.5. The number of benzene rings is 2. The summed E-state index contributed by atoms with van der Waals surface area (Å²) in [6.45, 7) is 5.01. The second-order valence-corrected chi connectivity index (χ2v) is 10.1. The van der Waals surface area contributed by atoms with Crippen molar-refractivity contribution in [1.82, 2.24) is 14.9 Å². The van der Waals surface area contributed by atoms with Crippen LogP contribution < -0.4 is 20.5 Å². The van der Waals surface area contributed by atoms with Crippen LogP contribution in [0.5, 0.6) is 11.5 Å². The lowest BCUT2D eigenvalue weighted by Gasteiger charge is -2.23. The van der Waals surface area contributed by atoms with Crippen molar-refractivity contribution >= 4 is 17.7 Å². The molecule has 10 nitrogen and oxygen atoms in total. The number of methoxy groups -OCH3 is 1. The maximum Gasteiger partial charge on any atom is 0.310 e. The Bertz CT molecular complexity index is 1280. The van der Waals surface area contributed by atoms with E-state index in [0.717, 1.165) is 41.1 Å². The third-order valence-corrected chi connectivity index (χ3v) is 6.79. The van der Waals surface area contributed by atoms with Gasteiger partial charge in [0.1, 0.15) is 17.3 Å². The molecule has 0 amide bonds. The number of aromatic nitrogens is 2. The van der Waals surface area contributed by atoms with E-state index in [0.29, 0.717) is 36.6 Å². The van der Waals surface area contributed by atoms with E-state index in [2.05, 4.69) is 20.2 Å². The first-order chi connectivity index (χ1) is 19.1. The third-order valence-electron chi connectivity index (χ3n) is 6.79. The Hall–Kier alpha value is -3.89. The molecule has 0 saturated carbocycles. The van der Waals surface area contributed by atoms with Crippen molar-refractivity contribution in [3.63, 3.8) is 0 Å². The van der Waals surface area contributed by atoms with Crippen molar-refractivity contribution in [2.24, 2.45) is 0 Å². The first-order valence-corrected chi connectivity index (χ1v) is 13.4. The highest BCUT2D eigenvalue weighted by Crippen LogP contribution is 2.32. The number of nitrogen functional groups attached to an aromatic ring is 1. The highest BCUT2D eigenvalue weighted by Gasteiger charge is 2.21. The second-order valence-electron chi connectivity index (χ2n) is 10.1. The van der Waals surface area contributed by atoms with Gasteiger partial charge < -0.3 is 35.6 Å². The van der Waals surface area contributed by atoms with Crippen LogP contribution >= 0.6 is 0 Å². The molecule has 2 atom stereocenters. The minimum atomic E-state index is -0.899. The molecule has 0 spiro atoms. The lowest BCUT2D eigenvalue weighted by molar-refractivity contribution is -0.138. The van der Waals surface area contributed by atoms with E-state index in [1.54, 1.807) is 20.1 Å². The van der Waals surface area contributed by atoms with Gasteiger partial charge in [0.15, 0.2) is 0 Å². The minimum absolute atomic E-state index is 0.0743. The van der Waals surface area contributed by atoms with Crippen LogP contribution in [0.25, 0.3) is 0 Å². The summed E-state index contributed by atoms with van der Waals surface area (Å²) in [5.41, 5.74) is 10.0. The first-order valence-electron chi connectivity index (χ1n) is 13.4. The number of aliphatic hydroxyl groups excluding tert-OH is 1. The first kappa shape index (κ1) is 30.6. The van der Waals surface area contributed by atoms with Gasteiger partial charge in [0, 0.05) is 36.9 Å². The Morgan fingerprint density at radius 2 is 1.90 bits per heavy atom. The summed E-state index contributed by atoms with van der Waals surface area (Å²) in [5.74, 6) is 0.550. The van der Waals surface area contributed by atoms with E-state index in [1.165, 1.54) is 0 Å². The van der Waals surface area contributed by atoms with Crippen LogP contribution in [0.4, 0.5) is 11.8 Å². The number of aliphatic hydroxyl groups is 1. The molecule has 3 aromatic rings. The van der Waals surface area contributed by atoms with E-state index in [4.69, 9.17) is 15.2 Å². The van der Waals surface area contributed by atoms with Crippen LogP contribution in [0.1, 0.15) is 59.7 Å². The number of rotatable bonds is 15. The molecular formula is C30H41N5O5. The largest absolute Gasteiger partial charge is 0.496 e. The van der Waals surface area contributed by atoms with E-state index < -0.39 is 11.9 Å². The maximum absolute atomic E-state index is 11.5. The Labute approximate surface area is 236 Å². The number of nitrogens with zero attached hydrogens (tertiary/aromatic N) is 3. The fourth-order valence-electron chi connectivity index (χ4n) is 4.47. The summed E-state index contributed by atoms with van der Waals surface area (Å²) in [5, 5.41) is 22.7. The zero-order valence-corrected chi connectivity index (χ0v) is 24.0. The predicted molar refractivity (Wildman–Crippen MR) is 156 cm³/mol. The van der Waals surface area contributed by atoms with Gasteiger partial charge in [-0.05, 0) is 63.5 Å². The predicted octanol–water partition coefficient (Wildman–Crippen LogP) is 4.02. The van der Waals surface area contributed by atoms with Crippen molar-refractivity contribution in [3.8, 4) is 11.5 Å². The van der Waals surface area contributed by atoms with Crippen LogP contribution in [0.15, 0.2) is 42.5 Å². The molecule has 5 N–H and O–H groups in total. The van der Waals surface area contributed by atoms with Crippen LogP contribution in [0.2, 0.25) is 0 Å². The normalized spacial score (nSPS) is 12.7. The van der Waals surface area contributed by atoms with Gasteiger partial charge >= 0.3 is 5.97 Å². The standard InChI is InChI=1S/C30H41N5O5/c1-19(29(37)38)21-8-6-9-22(16-21)26(12-14-36)33-28-25(20(2)32-30(31)34-28)17-23-10-11-24(18-27(23)39-5)40-15-7-13-35(3)4/h6,8-11,16,18-19,26,36H,7,12-15,17H2,1-5H3,(H,37,38)(H3,31,32,33,34)/t19-,26?/m1/s1. The van der Waals surface area contributed by atoms with Crippen LogP contribution in [-0.4, -0.2) is 72.0 Å². The van der Waals surface area contributed by atoms with Gasteiger partial charge in [-0.25, -0.2) is 4.98 Å². The minimum Gasteiger partial charge on any atom is -0.496 e. The molecule has 0 bridgehead atoms. The van der Waals surface area contributed by atoms with Crippen molar-refractivity contribution in [3.05, 3.63) is 70.4 Å². The van der Waals surface area contributed by atoms with Gasteiger partial charge in [0.25, 0.3) is 0 Å². The monoisotopic (exact) mass is 551 g/mol. The number of hydrogen-bond acceptors (Lipinski definition) is 9. The molecule has 40 heavy (non-hydrogen) atoms. The summed E-state index contributed by atoms with van der Waals surface area (Å²) < 4.78 is 11.6. The molecule has 216 valence electrons. The molecule has 3 rings (SSSR count). The van der Waals surface area contributed by atoms with Gasteiger partial charge in [-0.1, -0.05) is 30.3 Å². The molecular weight excluding hydrogens is 510 g/mol.